The van der Waals surface area contributed by atoms with E-state index in [-0.39, 0.29) is 5.41 Å². The molecule has 0 radical (unpaired) electrons. The molecule has 0 aliphatic carbocycles. The largest absolute Gasteiger partial charge is 0.351 e. The zero-order chi connectivity index (χ0) is 17.8. The molecule has 0 atom stereocenters. The second-order valence-electron chi connectivity index (χ2n) is 7.53. The predicted octanol–water partition coefficient (Wildman–Crippen LogP) is 1.91. The highest BCUT2D eigenvalue weighted by Crippen LogP contribution is 2.27. The van der Waals surface area contributed by atoms with E-state index in [0.717, 1.165) is 41.3 Å². The Hall–Kier alpha value is -2.29. The maximum atomic E-state index is 4.77. The minimum Gasteiger partial charge on any atom is -0.351 e. The van der Waals surface area contributed by atoms with E-state index in [1.807, 2.05) is 23.6 Å². The maximum absolute atomic E-state index is 4.77. The van der Waals surface area contributed by atoms with Crippen molar-refractivity contribution in [3.05, 3.63) is 23.8 Å². The van der Waals surface area contributed by atoms with Gasteiger partial charge in [0.25, 0.3) is 0 Å². The van der Waals surface area contributed by atoms with E-state index >= 15 is 0 Å². The number of nitrogens with zero attached hydrogens (tertiary/aromatic N) is 8. The van der Waals surface area contributed by atoms with Crippen LogP contribution in [0.25, 0.3) is 5.65 Å². The molecule has 4 heterocycles. The summed E-state index contributed by atoms with van der Waals surface area (Å²) in [5.74, 6) is 2.66. The molecule has 0 N–H and O–H groups in total. The van der Waals surface area contributed by atoms with Gasteiger partial charge in [-0.1, -0.05) is 20.8 Å². The van der Waals surface area contributed by atoms with Crippen molar-refractivity contribution in [1.82, 2.24) is 29.2 Å². The van der Waals surface area contributed by atoms with E-state index in [1.165, 1.54) is 11.5 Å². The molecular weight excluding hydrogens is 336 g/mol. The van der Waals surface area contributed by atoms with Crippen LogP contribution in [-0.2, 0) is 5.41 Å². The summed E-state index contributed by atoms with van der Waals surface area (Å²) in [7, 11) is 2.08. The SMILES string of the molecule is Cc1nsc(N(C)C2CN(c3ccc4nnc(C(C)(C)C)n4n3)C2)n1. The van der Waals surface area contributed by atoms with Crippen molar-refractivity contribution in [2.75, 3.05) is 29.9 Å². The van der Waals surface area contributed by atoms with Crippen LogP contribution in [0.15, 0.2) is 12.1 Å². The van der Waals surface area contributed by atoms with Gasteiger partial charge in [-0.15, -0.1) is 15.3 Å². The van der Waals surface area contributed by atoms with Crippen LogP contribution >= 0.6 is 11.5 Å². The van der Waals surface area contributed by atoms with Gasteiger partial charge in [0, 0.05) is 37.1 Å². The fourth-order valence-corrected chi connectivity index (χ4v) is 3.59. The number of aryl methyl sites for hydroxylation is 1. The van der Waals surface area contributed by atoms with Gasteiger partial charge >= 0.3 is 0 Å². The van der Waals surface area contributed by atoms with E-state index in [4.69, 9.17) is 5.10 Å². The van der Waals surface area contributed by atoms with E-state index in [0.29, 0.717) is 6.04 Å². The Balaban J connectivity index is 1.52. The summed E-state index contributed by atoms with van der Waals surface area (Å²) in [5, 5.41) is 14.3. The topological polar surface area (TPSA) is 75.3 Å². The van der Waals surface area contributed by atoms with Gasteiger partial charge in [0.1, 0.15) is 11.6 Å². The first-order valence-corrected chi connectivity index (χ1v) is 9.11. The lowest BCUT2D eigenvalue weighted by atomic mass is 9.96. The first-order valence-electron chi connectivity index (χ1n) is 8.34. The molecule has 0 spiro atoms. The van der Waals surface area contributed by atoms with Crippen molar-refractivity contribution in [1.29, 1.82) is 0 Å². The molecule has 0 bridgehead atoms. The highest BCUT2D eigenvalue weighted by Gasteiger charge is 2.33. The standard InChI is InChI=1S/C16H22N8S/c1-10-17-15(25-21-10)22(5)11-8-23(9-11)13-7-6-12-18-19-14(16(2,3)4)24(12)20-13/h6-7,11H,8-9H2,1-5H3. The second-order valence-corrected chi connectivity index (χ2v) is 8.26. The monoisotopic (exact) mass is 358 g/mol. The second kappa shape index (κ2) is 5.62. The van der Waals surface area contributed by atoms with Crippen molar-refractivity contribution in [2.24, 2.45) is 0 Å². The summed E-state index contributed by atoms with van der Waals surface area (Å²) in [6, 6.07) is 4.42. The molecule has 25 heavy (non-hydrogen) atoms. The van der Waals surface area contributed by atoms with Gasteiger partial charge in [-0.2, -0.15) is 8.89 Å². The first-order chi connectivity index (χ1) is 11.8. The number of fused-ring (bicyclic) bond motifs is 1. The van der Waals surface area contributed by atoms with Crippen LogP contribution in [0.1, 0.15) is 32.4 Å². The molecule has 3 aromatic heterocycles. The third-order valence-corrected chi connectivity index (χ3v) is 5.37. The third-order valence-electron chi connectivity index (χ3n) is 4.47. The van der Waals surface area contributed by atoms with Crippen molar-refractivity contribution < 1.29 is 0 Å². The van der Waals surface area contributed by atoms with Gasteiger partial charge in [0.2, 0.25) is 5.13 Å². The molecule has 132 valence electrons. The van der Waals surface area contributed by atoms with Crippen LogP contribution in [0.5, 0.6) is 0 Å². The summed E-state index contributed by atoms with van der Waals surface area (Å²) < 4.78 is 6.12. The van der Waals surface area contributed by atoms with Gasteiger partial charge in [-0.05, 0) is 19.1 Å². The van der Waals surface area contributed by atoms with Crippen molar-refractivity contribution in [2.45, 2.75) is 39.2 Å². The Kier molecular flexibility index (Phi) is 3.64. The lowest BCUT2D eigenvalue weighted by molar-refractivity contribution is 0.485. The molecule has 1 aliphatic rings. The van der Waals surface area contributed by atoms with Gasteiger partial charge in [-0.3, -0.25) is 0 Å². The minimum absolute atomic E-state index is 0.0988. The molecule has 3 aromatic rings. The molecule has 8 nitrogen and oxygen atoms in total. The van der Waals surface area contributed by atoms with Crippen LogP contribution in [0.3, 0.4) is 0 Å². The summed E-state index contributed by atoms with van der Waals surface area (Å²) in [5.41, 5.74) is 0.686. The Morgan fingerprint density at radius 1 is 1.20 bits per heavy atom. The molecule has 9 heteroatoms. The van der Waals surface area contributed by atoms with Gasteiger partial charge < -0.3 is 9.80 Å². The number of likely N-dealkylation sites (N-methyl/N-ethyl adjacent to an activating group) is 1. The van der Waals surface area contributed by atoms with Crippen LogP contribution in [0, 0.1) is 6.92 Å². The fraction of sp³-hybridized carbons (Fsp3) is 0.562. The highest BCUT2D eigenvalue weighted by molar-refractivity contribution is 7.09. The zero-order valence-electron chi connectivity index (χ0n) is 15.1. The summed E-state index contributed by atoms with van der Waals surface area (Å²) >= 11 is 1.45. The summed E-state index contributed by atoms with van der Waals surface area (Å²) in [6.45, 7) is 10.1. The maximum Gasteiger partial charge on any atom is 0.205 e. The lowest BCUT2D eigenvalue weighted by Crippen LogP contribution is -2.59. The smallest absolute Gasteiger partial charge is 0.205 e. The molecule has 1 saturated heterocycles. The highest BCUT2D eigenvalue weighted by atomic mass is 32.1. The number of rotatable bonds is 3. The fourth-order valence-electron chi connectivity index (χ4n) is 2.89. The van der Waals surface area contributed by atoms with Crippen LogP contribution < -0.4 is 9.80 Å². The molecule has 0 amide bonds. The molecule has 1 aliphatic heterocycles. The first kappa shape index (κ1) is 16.2. The summed E-state index contributed by atoms with van der Waals surface area (Å²) in [4.78, 5) is 8.93. The Morgan fingerprint density at radius 2 is 1.96 bits per heavy atom. The number of aromatic nitrogens is 6. The molecule has 0 saturated carbocycles. The average Bonchev–Trinajstić information content (AvgIpc) is 3.10. The van der Waals surface area contributed by atoms with Crippen molar-refractivity contribution in [3.63, 3.8) is 0 Å². The molecular formula is C16H22N8S. The predicted molar refractivity (Wildman–Crippen MR) is 98.5 cm³/mol. The molecule has 1 fully saturated rings. The normalized spacial score (nSPS) is 15.6. The molecule has 0 unspecified atom stereocenters. The number of hydrogen-bond donors (Lipinski definition) is 0. The minimum atomic E-state index is -0.0988. The number of hydrogen-bond acceptors (Lipinski definition) is 8. The van der Waals surface area contributed by atoms with Crippen LogP contribution in [-0.4, -0.2) is 55.3 Å². The van der Waals surface area contributed by atoms with Gasteiger partial charge in [0.05, 0.1) is 6.04 Å². The van der Waals surface area contributed by atoms with E-state index in [2.05, 4.69) is 57.2 Å². The molecule has 0 aromatic carbocycles. The molecule has 4 rings (SSSR count). The Labute approximate surface area is 150 Å². The number of anilines is 2. The van der Waals surface area contributed by atoms with Crippen LogP contribution in [0.4, 0.5) is 10.9 Å². The van der Waals surface area contributed by atoms with Gasteiger partial charge in [-0.25, -0.2) is 4.98 Å². The van der Waals surface area contributed by atoms with E-state index in [9.17, 15) is 0 Å². The van der Waals surface area contributed by atoms with E-state index < -0.39 is 0 Å². The Morgan fingerprint density at radius 3 is 2.60 bits per heavy atom. The van der Waals surface area contributed by atoms with Crippen molar-refractivity contribution >= 4 is 28.1 Å². The zero-order valence-corrected chi connectivity index (χ0v) is 15.9. The Bertz CT molecular complexity index is 902. The lowest BCUT2D eigenvalue weighted by Gasteiger charge is -2.44. The quantitative estimate of drug-likeness (QED) is 0.708. The average molecular weight is 358 g/mol. The summed E-state index contributed by atoms with van der Waals surface area (Å²) in [6.07, 6.45) is 0. The van der Waals surface area contributed by atoms with Gasteiger partial charge in [0.15, 0.2) is 11.5 Å². The van der Waals surface area contributed by atoms with Crippen molar-refractivity contribution in [3.8, 4) is 0 Å². The van der Waals surface area contributed by atoms with E-state index in [1.54, 1.807) is 0 Å². The van der Waals surface area contributed by atoms with Crippen LogP contribution in [0.2, 0.25) is 0 Å². The third kappa shape index (κ3) is 2.82.